The van der Waals surface area contributed by atoms with Gasteiger partial charge in [0, 0.05) is 6.07 Å². The number of halogens is 1. The van der Waals surface area contributed by atoms with Gasteiger partial charge in [0.05, 0.1) is 5.56 Å². The smallest absolute Gasteiger partial charge is 0.352 e. The lowest BCUT2D eigenvalue weighted by atomic mass is 10.3. The summed E-state index contributed by atoms with van der Waals surface area (Å²) in [5, 5.41) is 0. The summed E-state index contributed by atoms with van der Waals surface area (Å²) >= 11 is 2.50. The molecule has 0 saturated carbocycles. The molecule has 1 aromatic heterocycles. The number of hydrogen-bond donors (Lipinski definition) is 0. The summed E-state index contributed by atoms with van der Waals surface area (Å²) in [6, 6.07) is 2.45. The predicted molar refractivity (Wildman–Crippen MR) is 39.3 cm³/mol. The van der Waals surface area contributed by atoms with Gasteiger partial charge in [-0.15, -0.1) is 0 Å². The van der Waals surface area contributed by atoms with Crippen LogP contribution >= 0.6 is 16.3 Å². The molecule has 1 heterocycles. The molecule has 0 saturated heterocycles. The summed E-state index contributed by atoms with van der Waals surface area (Å²) in [5.74, 6) is -0.603. The van der Waals surface area contributed by atoms with Gasteiger partial charge in [0.15, 0.2) is 16.3 Å². The highest BCUT2D eigenvalue weighted by Crippen LogP contribution is 2.00. The van der Waals surface area contributed by atoms with Crippen LogP contribution in [0.4, 0.5) is 0 Å². The third-order valence-corrected chi connectivity index (χ3v) is 1.30. The number of rotatable bonds is 1. The van der Waals surface area contributed by atoms with E-state index in [2.05, 4.69) is 24.5 Å². The van der Waals surface area contributed by atoms with Crippen molar-refractivity contribution in [2.75, 3.05) is 0 Å². The van der Waals surface area contributed by atoms with Crippen LogP contribution in [-0.4, -0.2) is 5.97 Å². The number of hydrogen-bond acceptors (Lipinski definition) is 4. The molecule has 0 radical (unpaired) electrons. The maximum absolute atomic E-state index is 10.7. The van der Waals surface area contributed by atoms with E-state index in [1.54, 1.807) is 0 Å². The number of carbonyl (C=O) groups is 1. The van der Waals surface area contributed by atoms with E-state index in [9.17, 15) is 9.59 Å². The first-order valence-electron chi connectivity index (χ1n) is 2.66. The van der Waals surface area contributed by atoms with Crippen molar-refractivity contribution in [2.24, 2.45) is 0 Å². The minimum Gasteiger partial charge on any atom is -0.430 e. The second kappa shape index (κ2) is 3.34. The van der Waals surface area contributed by atoms with Gasteiger partial charge in [-0.2, -0.15) is 0 Å². The topological polar surface area (TPSA) is 56.5 Å². The molecule has 0 atom stereocenters. The van der Waals surface area contributed by atoms with Gasteiger partial charge in [-0.05, 0) is 6.07 Å². The molecule has 11 heavy (non-hydrogen) atoms. The standard InChI is InChI=1S/C6H3BrO4/c7-11-6(9)4-1-2-5(8)10-3-4/h1-3H. The monoisotopic (exact) mass is 218 g/mol. The van der Waals surface area contributed by atoms with E-state index in [0.29, 0.717) is 0 Å². The summed E-state index contributed by atoms with van der Waals surface area (Å²) in [7, 11) is 0. The van der Waals surface area contributed by atoms with Crippen molar-refractivity contribution in [1.82, 2.24) is 0 Å². The molecule has 0 aliphatic heterocycles. The highest BCUT2D eigenvalue weighted by atomic mass is 79.9. The van der Waals surface area contributed by atoms with E-state index in [-0.39, 0.29) is 5.56 Å². The van der Waals surface area contributed by atoms with Crippen molar-refractivity contribution in [2.45, 2.75) is 0 Å². The lowest BCUT2D eigenvalue weighted by Crippen LogP contribution is -2.01. The summed E-state index contributed by atoms with van der Waals surface area (Å²) in [4.78, 5) is 21.1. The molecule has 4 nitrogen and oxygen atoms in total. The van der Waals surface area contributed by atoms with Gasteiger partial charge < -0.3 is 8.25 Å². The Morgan fingerprint density at radius 1 is 1.55 bits per heavy atom. The van der Waals surface area contributed by atoms with Crippen LogP contribution in [0.15, 0.2) is 27.6 Å². The van der Waals surface area contributed by atoms with Crippen molar-refractivity contribution in [3.63, 3.8) is 0 Å². The van der Waals surface area contributed by atoms with Crippen LogP contribution < -0.4 is 5.63 Å². The largest absolute Gasteiger partial charge is 0.430 e. The highest BCUT2D eigenvalue weighted by Gasteiger charge is 2.05. The quantitative estimate of drug-likeness (QED) is 0.709. The van der Waals surface area contributed by atoms with Gasteiger partial charge in [0.1, 0.15) is 6.26 Å². The zero-order valence-corrected chi connectivity index (χ0v) is 6.83. The van der Waals surface area contributed by atoms with Gasteiger partial charge in [-0.25, -0.2) is 9.59 Å². The maximum Gasteiger partial charge on any atom is 0.352 e. The Hall–Kier alpha value is -1.10. The first kappa shape index (κ1) is 8.00. The number of carbonyl (C=O) groups excluding carboxylic acids is 1. The summed E-state index contributed by atoms with van der Waals surface area (Å²) in [5.41, 5.74) is -0.322. The molecule has 0 amide bonds. The first-order valence-corrected chi connectivity index (χ1v) is 3.30. The van der Waals surface area contributed by atoms with Crippen molar-refractivity contribution in [1.29, 1.82) is 0 Å². The Balaban J connectivity index is 2.99. The molecule has 0 N–H and O–H groups in total. The minimum atomic E-state index is -0.603. The molecule has 0 bridgehead atoms. The Labute approximate surface area is 70.2 Å². The zero-order chi connectivity index (χ0) is 8.27. The molecule has 1 rings (SSSR count). The van der Waals surface area contributed by atoms with Gasteiger partial charge in [0.25, 0.3) is 0 Å². The Kier molecular flexibility index (Phi) is 2.43. The third-order valence-electron chi connectivity index (χ3n) is 1.01. The SMILES string of the molecule is O=C(OBr)c1ccc(=O)oc1. The van der Waals surface area contributed by atoms with E-state index in [1.807, 2.05) is 0 Å². The molecular formula is C6H3BrO4. The molecule has 5 heteroatoms. The molecule has 0 fully saturated rings. The van der Waals surface area contributed by atoms with Crippen molar-refractivity contribution < 1.29 is 13.0 Å². The van der Waals surface area contributed by atoms with Crippen LogP contribution in [0.3, 0.4) is 0 Å². The summed E-state index contributed by atoms with van der Waals surface area (Å²) < 4.78 is 8.59. The van der Waals surface area contributed by atoms with Crippen LogP contribution in [0.1, 0.15) is 10.4 Å². The van der Waals surface area contributed by atoms with Gasteiger partial charge in [-0.3, -0.25) is 0 Å². The molecular weight excluding hydrogens is 216 g/mol. The van der Waals surface area contributed by atoms with E-state index in [0.717, 1.165) is 12.3 Å². The Bertz CT molecular complexity index is 296. The van der Waals surface area contributed by atoms with Gasteiger partial charge >= 0.3 is 11.6 Å². The Morgan fingerprint density at radius 3 is 2.73 bits per heavy atom. The summed E-state index contributed by atoms with van der Waals surface area (Å²) in [6.07, 6.45) is 1.03. The third kappa shape index (κ3) is 1.91. The van der Waals surface area contributed by atoms with E-state index >= 15 is 0 Å². The van der Waals surface area contributed by atoms with Crippen LogP contribution in [0.5, 0.6) is 0 Å². The lowest BCUT2D eigenvalue weighted by molar-refractivity contribution is 0.0779. The van der Waals surface area contributed by atoms with Crippen LogP contribution in [0.25, 0.3) is 0 Å². The molecule has 0 aliphatic rings. The molecule has 0 aliphatic carbocycles. The van der Waals surface area contributed by atoms with Crippen molar-refractivity contribution >= 4 is 22.2 Å². The fourth-order valence-electron chi connectivity index (χ4n) is 0.519. The average Bonchev–Trinajstić information content (AvgIpc) is 2.05. The summed E-state index contributed by atoms with van der Waals surface area (Å²) in [6.45, 7) is 0. The van der Waals surface area contributed by atoms with Crippen LogP contribution in [0.2, 0.25) is 0 Å². The fourth-order valence-corrected chi connectivity index (χ4v) is 0.706. The molecule has 58 valence electrons. The molecule has 1 aromatic rings. The molecule has 0 unspecified atom stereocenters. The van der Waals surface area contributed by atoms with Crippen LogP contribution in [-0.2, 0) is 3.83 Å². The fraction of sp³-hybridized carbons (Fsp3) is 0. The maximum atomic E-state index is 10.7. The van der Waals surface area contributed by atoms with Gasteiger partial charge in [-0.1, -0.05) is 0 Å². The van der Waals surface area contributed by atoms with Crippen molar-refractivity contribution in [3.05, 3.63) is 34.4 Å². The highest BCUT2D eigenvalue weighted by molar-refractivity contribution is 9.06. The van der Waals surface area contributed by atoms with Crippen LogP contribution in [0, 0.1) is 0 Å². The van der Waals surface area contributed by atoms with E-state index < -0.39 is 11.6 Å². The Morgan fingerprint density at radius 2 is 2.27 bits per heavy atom. The molecule has 0 aromatic carbocycles. The average molecular weight is 219 g/mol. The first-order chi connectivity index (χ1) is 5.24. The minimum absolute atomic E-state index is 0.182. The molecule has 0 spiro atoms. The van der Waals surface area contributed by atoms with E-state index in [1.165, 1.54) is 6.07 Å². The second-order valence-electron chi connectivity index (χ2n) is 1.71. The zero-order valence-electron chi connectivity index (χ0n) is 5.24. The lowest BCUT2D eigenvalue weighted by Gasteiger charge is -1.91. The predicted octanol–water partition coefficient (Wildman–Crippen LogP) is 1.11. The van der Waals surface area contributed by atoms with Gasteiger partial charge in [0.2, 0.25) is 0 Å². The van der Waals surface area contributed by atoms with Crippen molar-refractivity contribution in [3.8, 4) is 0 Å². The van der Waals surface area contributed by atoms with E-state index in [4.69, 9.17) is 0 Å². The second-order valence-corrected chi connectivity index (χ2v) is 2.03. The normalized spacial score (nSPS) is 9.18.